The van der Waals surface area contributed by atoms with Crippen molar-refractivity contribution < 1.29 is 0 Å². The molecule has 0 bridgehead atoms. The van der Waals surface area contributed by atoms with Gasteiger partial charge in [-0.05, 0) is 48.9 Å². The summed E-state index contributed by atoms with van der Waals surface area (Å²) in [5.74, 6) is 0. The van der Waals surface area contributed by atoms with Crippen LogP contribution < -0.4 is 11.1 Å². The lowest BCUT2D eigenvalue weighted by molar-refractivity contribution is 0.589. The van der Waals surface area contributed by atoms with Gasteiger partial charge in [-0.3, -0.25) is 0 Å². The molecule has 0 aliphatic rings. The molecule has 0 heterocycles. The molecule has 1 rings (SSSR count). The monoisotopic (exact) mass is 234 g/mol. The zero-order valence-electron chi connectivity index (χ0n) is 11.9. The molecule has 0 saturated heterocycles. The van der Waals surface area contributed by atoms with E-state index in [2.05, 4.69) is 52.1 Å². The van der Waals surface area contributed by atoms with Gasteiger partial charge in [0.1, 0.15) is 0 Å². The normalized spacial score (nSPS) is 11.6. The second kappa shape index (κ2) is 5.54. The van der Waals surface area contributed by atoms with Crippen LogP contribution >= 0.6 is 0 Å². The molecule has 0 saturated carbocycles. The number of anilines is 1. The van der Waals surface area contributed by atoms with Crippen LogP contribution in [0.1, 0.15) is 43.9 Å². The minimum absolute atomic E-state index is 0.214. The predicted octanol–water partition coefficient (Wildman–Crippen LogP) is 3.36. The molecule has 2 nitrogen and oxygen atoms in total. The van der Waals surface area contributed by atoms with Crippen LogP contribution in [0, 0.1) is 13.8 Å². The van der Waals surface area contributed by atoms with Gasteiger partial charge in [0.25, 0.3) is 0 Å². The summed E-state index contributed by atoms with van der Waals surface area (Å²) in [4.78, 5) is 0. The first-order valence-electron chi connectivity index (χ1n) is 6.42. The van der Waals surface area contributed by atoms with Crippen molar-refractivity contribution in [3.8, 4) is 0 Å². The van der Waals surface area contributed by atoms with E-state index < -0.39 is 0 Å². The summed E-state index contributed by atoms with van der Waals surface area (Å²) in [6, 6.07) is 4.58. The Kier molecular flexibility index (Phi) is 4.58. The third-order valence-corrected chi connectivity index (χ3v) is 3.08. The van der Waals surface area contributed by atoms with Crippen LogP contribution in [0.5, 0.6) is 0 Å². The predicted molar refractivity (Wildman–Crippen MR) is 76.8 cm³/mol. The first-order valence-corrected chi connectivity index (χ1v) is 6.42. The largest absolute Gasteiger partial charge is 0.385 e. The van der Waals surface area contributed by atoms with Crippen molar-refractivity contribution in [1.82, 2.24) is 0 Å². The summed E-state index contributed by atoms with van der Waals surface area (Å²) in [5, 5.41) is 3.48. The third-order valence-electron chi connectivity index (χ3n) is 3.08. The first-order chi connectivity index (χ1) is 7.86. The minimum atomic E-state index is 0.214. The van der Waals surface area contributed by atoms with Crippen molar-refractivity contribution in [2.45, 2.75) is 46.5 Å². The molecule has 17 heavy (non-hydrogen) atoms. The second-order valence-corrected chi connectivity index (χ2v) is 5.80. The molecular formula is C15H26N2. The smallest absolute Gasteiger partial charge is 0.0399 e. The number of benzene rings is 1. The molecule has 0 unspecified atom stereocenters. The lowest BCUT2D eigenvalue weighted by atomic mass is 9.85. The van der Waals surface area contributed by atoms with Gasteiger partial charge >= 0.3 is 0 Å². The summed E-state index contributed by atoms with van der Waals surface area (Å²) in [7, 11) is 0. The van der Waals surface area contributed by atoms with Crippen molar-refractivity contribution in [2.24, 2.45) is 5.73 Å². The zero-order valence-corrected chi connectivity index (χ0v) is 11.9. The first kappa shape index (κ1) is 14.0. The van der Waals surface area contributed by atoms with E-state index in [0.29, 0.717) is 0 Å². The highest BCUT2D eigenvalue weighted by atomic mass is 14.9. The average Bonchev–Trinajstić information content (AvgIpc) is 2.20. The van der Waals surface area contributed by atoms with Crippen molar-refractivity contribution >= 4 is 5.69 Å². The SMILES string of the molecule is Cc1cc(C(C)(C)C)cc(C)c1NCCCN. The molecule has 1 aromatic carbocycles. The van der Waals surface area contributed by atoms with Crippen molar-refractivity contribution in [3.63, 3.8) is 0 Å². The lowest BCUT2D eigenvalue weighted by Gasteiger charge is -2.22. The Morgan fingerprint density at radius 3 is 2.06 bits per heavy atom. The Morgan fingerprint density at radius 1 is 1.12 bits per heavy atom. The van der Waals surface area contributed by atoms with E-state index in [1.54, 1.807) is 0 Å². The van der Waals surface area contributed by atoms with Crippen LogP contribution in [-0.2, 0) is 5.41 Å². The molecule has 0 aliphatic carbocycles. The molecule has 0 radical (unpaired) electrons. The highest BCUT2D eigenvalue weighted by Gasteiger charge is 2.15. The number of nitrogens with one attached hydrogen (secondary N) is 1. The topological polar surface area (TPSA) is 38.0 Å². The maximum atomic E-state index is 5.51. The molecule has 0 atom stereocenters. The molecule has 3 N–H and O–H groups in total. The fraction of sp³-hybridized carbons (Fsp3) is 0.600. The Balaban J connectivity index is 2.95. The summed E-state index contributed by atoms with van der Waals surface area (Å²) in [6.45, 7) is 12.8. The summed E-state index contributed by atoms with van der Waals surface area (Å²) < 4.78 is 0. The maximum Gasteiger partial charge on any atom is 0.0399 e. The number of aryl methyl sites for hydroxylation is 2. The standard InChI is InChI=1S/C15H26N2/c1-11-9-13(15(3,4)5)10-12(2)14(11)17-8-6-7-16/h9-10,17H,6-8,16H2,1-5H3. The number of rotatable bonds is 4. The summed E-state index contributed by atoms with van der Waals surface area (Å²) >= 11 is 0. The Labute approximate surface area is 106 Å². The van der Waals surface area contributed by atoms with Gasteiger partial charge in [0.15, 0.2) is 0 Å². The molecule has 1 aromatic rings. The van der Waals surface area contributed by atoms with E-state index in [1.165, 1.54) is 22.4 Å². The van der Waals surface area contributed by atoms with Crippen molar-refractivity contribution in [1.29, 1.82) is 0 Å². The molecular weight excluding hydrogens is 208 g/mol. The van der Waals surface area contributed by atoms with E-state index >= 15 is 0 Å². The molecule has 96 valence electrons. The van der Waals surface area contributed by atoms with Crippen molar-refractivity contribution in [2.75, 3.05) is 18.4 Å². The van der Waals surface area contributed by atoms with E-state index in [4.69, 9.17) is 5.73 Å². The molecule has 0 amide bonds. The van der Waals surface area contributed by atoms with E-state index in [1.807, 2.05) is 0 Å². The van der Waals surface area contributed by atoms with Gasteiger partial charge in [-0.15, -0.1) is 0 Å². The van der Waals surface area contributed by atoms with Crippen LogP contribution in [0.25, 0.3) is 0 Å². The third kappa shape index (κ3) is 3.74. The molecule has 2 heteroatoms. The minimum Gasteiger partial charge on any atom is -0.385 e. The average molecular weight is 234 g/mol. The van der Waals surface area contributed by atoms with Gasteiger partial charge in [-0.25, -0.2) is 0 Å². The van der Waals surface area contributed by atoms with Gasteiger partial charge in [-0.1, -0.05) is 32.9 Å². The van der Waals surface area contributed by atoms with Gasteiger partial charge in [0, 0.05) is 12.2 Å². The van der Waals surface area contributed by atoms with Crippen LogP contribution in [0.15, 0.2) is 12.1 Å². The quantitative estimate of drug-likeness (QED) is 0.784. The van der Waals surface area contributed by atoms with Crippen LogP contribution in [0.3, 0.4) is 0 Å². The Bertz CT molecular complexity index is 352. The molecule has 0 spiro atoms. The molecule has 0 aliphatic heterocycles. The fourth-order valence-corrected chi connectivity index (χ4v) is 1.99. The van der Waals surface area contributed by atoms with Crippen molar-refractivity contribution in [3.05, 3.63) is 28.8 Å². The number of hydrogen-bond acceptors (Lipinski definition) is 2. The number of nitrogens with two attached hydrogens (primary N) is 1. The number of hydrogen-bond donors (Lipinski definition) is 2. The Morgan fingerprint density at radius 2 is 1.65 bits per heavy atom. The molecule has 0 fully saturated rings. The Hall–Kier alpha value is -1.02. The fourth-order valence-electron chi connectivity index (χ4n) is 1.99. The lowest BCUT2D eigenvalue weighted by Crippen LogP contribution is -2.14. The zero-order chi connectivity index (χ0) is 13.1. The van der Waals surface area contributed by atoms with Crippen LogP contribution in [0.4, 0.5) is 5.69 Å². The van der Waals surface area contributed by atoms with Gasteiger partial charge in [-0.2, -0.15) is 0 Å². The van der Waals surface area contributed by atoms with E-state index in [0.717, 1.165) is 19.5 Å². The van der Waals surface area contributed by atoms with Crippen LogP contribution in [-0.4, -0.2) is 13.1 Å². The van der Waals surface area contributed by atoms with Gasteiger partial charge in [0.05, 0.1) is 0 Å². The molecule has 0 aromatic heterocycles. The summed E-state index contributed by atoms with van der Waals surface area (Å²) in [6.07, 6.45) is 1.01. The second-order valence-electron chi connectivity index (χ2n) is 5.80. The highest BCUT2D eigenvalue weighted by molar-refractivity contribution is 5.59. The van der Waals surface area contributed by atoms with Gasteiger partial charge < -0.3 is 11.1 Å². The van der Waals surface area contributed by atoms with Crippen LogP contribution in [0.2, 0.25) is 0 Å². The summed E-state index contributed by atoms with van der Waals surface area (Å²) in [5.41, 5.74) is 11.0. The highest BCUT2D eigenvalue weighted by Crippen LogP contribution is 2.29. The van der Waals surface area contributed by atoms with E-state index in [-0.39, 0.29) is 5.41 Å². The van der Waals surface area contributed by atoms with Gasteiger partial charge in [0.2, 0.25) is 0 Å². The van der Waals surface area contributed by atoms with E-state index in [9.17, 15) is 0 Å². The maximum absolute atomic E-state index is 5.51.